The molecule has 2 rings (SSSR count). The van der Waals surface area contributed by atoms with Gasteiger partial charge in [-0.3, -0.25) is 4.72 Å². The lowest BCUT2D eigenvalue weighted by Crippen LogP contribution is -2.15. The van der Waals surface area contributed by atoms with Crippen LogP contribution in [0.5, 0.6) is 0 Å². The van der Waals surface area contributed by atoms with Gasteiger partial charge < -0.3 is 5.73 Å². The topological polar surface area (TPSA) is 72.2 Å². The van der Waals surface area contributed by atoms with Gasteiger partial charge in [-0.05, 0) is 52.9 Å². The predicted octanol–water partition coefficient (Wildman–Crippen LogP) is 2.81. The zero-order valence-corrected chi connectivity index (χ0v) is 12.6. The number of hydrogen-bond donors (Lipinski definition) is 2. The molecule has 4 nitrogen and oxygen atoms in total. The van der Waals surface area contributed by atoms with Crippen molar-refractivity contribution in [2.24, 2.45) is 0 Å². The maximum atomic E-state index is 13.6. The Hall–Kier alpha value is -1.35. The monoisotopic (exact) mass is 392 g/mol. The summed E-state index contributed by atoms with van der Waals surface area (Å²) < 4.78 is 40.9. The highest BCUT2D eigenvalue weighted by Crippen LogP contribution is 2.23. The van der Waals surface area contributed by atoms with Crippen molar-refractivity contribution in [3.63, 3.8) is 0 Å². The van der Waals surface area contributed by atoms with E-state index in [1.165, 1.54) is 6.07 Å². The summed E-state index contributed by atoms with van der Waals surface area (Å²) in [6.45, 7) is 0. The average molecular weight is 392 g/mol. The Labute approximate surface area is 124 Å². The molecule has 0 radical (unpaired) electrons. The number of sulfonamides is 1. The summed E-state index contributed by atoms with van der Waals surface area (Å²) in [4.78, 5) is -0.429. The molecule has 100 valence electrons. The highest BCUT2D eigenvalue weighted by atomic mass is 127. The van der Waals surface area contributed by atoms with E-state index in [2.05, 4.69) is 4.72 Å². The predicted molar refractivity (Wildman–Crippen MR) is 80.8 cm³/mol. The van der Waals surface area contributed by atoms with Crippen LogP contribution < -0.4 is 10.5 Å². The summed E-state index contributed by atoms with van der Waals surface area (Å²) in [6, 6.07) is 10.3. The summed E-state index contributed by atoms with van der Waals surface area (Å²) >= 11 is 1.99. The van der Waals surface area contributed by atoms with Crippen molar-refractivity contribution < 1.29 is 12.8 Å². The molecule has 0 saturated heterocycles. The molecule has 0 amide bonds. The summed E-state index contributed by atoms with van der Waals surface area (Å²) in [7, 11) is -3.97. The van der Waals surface area contributed by atoms with E-state index in [1.54, 1.807) is 24.3 Å². The molecule has 0 unspecified atom stereocenters. The lowest BCUT2D eigenvalue weighted by Gasteiger charge is -2.10. The molecule has 0 aliphatic rings. The van der Waals surface area contributed by atoms with Gasteiger partial charge in [-0.25, -0.2) is 12.8 Å². The van der Waals surface area contributed by atoms with Gasteiger partial charge >= 0.3 is 0 Å². The standard InChI is InChI=1S/C12H10FIN2O2S/c13-9-7-8(15)5-6-12(9)19(17,18)16-11-4-2-1-3-10(11)14/h1-7,16H,15H2. The second kappa shape index (κ2) is 5.33. The maximum absolute atomic E-state index is 13.6. The molecule has 0 spiro atoms. The number of nitrogens with two attached hydrogens (primary N) is 1. The van der Waals surface area contributed by atoms with Gasteiger partial charge in [0.15, 0.2) is 0 Å². The van der Waals surface area contributed by atoms with Gasteiger partial charge in [0.1, 0.15) is 10.7 Å². The van der Waals surface area contributed by atoms with Crippen molar-refractivity contribution >= 4 is 44.0 Å². The van der Waals surface area contributed by atoms with Crippen molar-refractivity contribution in [2.75, 3.05) is 10.5 Å². The highest BCUT2D eigenvalue weighted by molar-refractivity contribution is 14.1. The van der Waals surface area contributed by atoms with Crippen LogP contribution in [0.4, 0.5) is 15.8 Å². The first-order valence-electron chi connectivity index (χ1n) is 5.22. The molecule has 19 heavy (non-hydrogen) atoms. The molecule has 0 bridgehead atoms. The van der Waals surface area contributed by atoms with Gasteiger partial charge in [0, 0.05) is 9.26 Å². The molecule has 0 fully saturated rings. The van der Waals surface area contributed by atoms with Crippen molar-refractivity contribution in [2.45, 2.75) is 4.90 Å². The normalized spacial score (nSPS) is 11.3. The molecule has 0 atom stereocenters. The Morgan fingerprint density at radius 3 is 2.47 bits per heavy atom. The van der Waals surface area contributed by atoms with E-state index in [-0.39, 0.29) is 5.69 Å². The van der Waals surface area contributed by atoms with E-state index in [0.717, 1.165) is 15.7 Å². The lowest BCUT2D eigenvalue weighted by molar-refractivity contribution is 0.571. The number of halogens is 2. The fraction of sp³-hybridized carbons (Fsp3) is 0. The largest absolute Gasteiger partial charge is 0.399 e. The van der Waals surface area contributed by atoms with E-state index < -0.39 is 20.7 Å². The van der Waals surface area contributed by atoms with E-state index in [4.69, 9.17) is 5.73 Å². The lowest BCUT2D eigenvalue weighted by atomic mass is 10.3. The summed E-state index contributed by atoms with van der Waals surface area (Å²) in [5, 5.41) is 0. The van der Waals surface area contributed by atoms with Crippen LogP contribution in [0.1, 0.15) is 0 Å². The minimum absolute atomic E-state index is 0.172. The number of nitrogen functional groups attached to an aromatic ring is 1. The van der Waals surface area contributed by atoms with Crippen LogP contribution in [0.25, 0.3) is 0 Å². The van der Waals surface area contributed by atoms with Crippen LogP contribution in [-0.4, -0.2) is 8.42 Å². The highest BCUT2D eigenvalue weighted by Gasteiger charge is 2.19. The number of hydrogen-bond acceptors (Lipinski definition) is 3. The van der Waals surface area contributed by atoms with Crippen molar-refractivity contribution in [3.8, 4) is 0 Å². The Balaban J connectivity index is 2.41. The molecule has 0 aliphatic heterocycles. The zero-order valence-electron chi connectivity index (χ0n) is 9.60. The molecular weight excluding hydrogens is 382 g/mol. The third-order valence-electron chi connectivity index (χ3n) is 2.36. The smallest absolute Gasteiger partial charge is 0.264 e. The molecule has 3 N–H and O–H groups in total. The third-order valence-corrected chi connectivity index (χ3v) is 4.70. The minimum atomic E-state index is -3.97. The summed E-state index contributed by atoms with van der Waals surface area (Å²) in [6.07, 6.45) is 0. The van der Waals surface area contributed by atoms with E-state index >= 15 is 0 Å². The minimum Gasteiger partial charge on any atom is -0.399 e. The molecule has 0 saturated carbocycles. The first-order valence-corrected chi connectivity index (χ1v) is 7.79. The Morgan fingerprint density at radius 1 is 1.16 bits per heavy atom. The molecule has 0 aromatic heterocycles. The number of para-hydroxylation sites is 1. The quantitative estimate of drug-likeness (QED) is 0.624. The SMILES string of the molecule is Nc1ccc(S(=O)(=O)Nc2ccccc2I)c(F)c1. The van der Waals surface area contributed by atoms with Crippen molar-refractivity contribution in [1.82, 2.24) is 0 Å². The maximum Gasteiger partial charge on any atom is 0.264 e. The number of rotatable bonds is 3. The van der Waals surface area contributed by atoms with Crippen LogP contribution >= 0.6 is 22.6 Å². The van der Waals surface area contributed by atoms with Gasteiger partial charge in [0.2, 0.25) is 0 Å². The second-order valence-corrected chi connectivity index (χ2v) is 6.59. The Morgan fingerprint density at radius 2 is 1.84 bits per heavy atom. The van der Waals surface area contributed by atoms with E-state index in [9.17, 15) is 12.8 Å². The van der Waals surface area contributed by atoms with Gasteiger partial charge in [0.05, 0.1) is 5.69 Å². The third kappa shape index (κ3) is 3.16. The average Bonchev–Trinajstić information content (AvgIpc) is 2.31. The molecule has 2 aromatic rings. The first kappa shape index (κ1) is 14.1. The molecule has 2 aromatic carbocycles. The molecule has 0 heterocycles. The van der Waals surface area contributed by atoms with Crippen LogP contribution in [0.2, 0.25) is 0 Å². The molecule has 0 aliphatic carbocycles. The van der Waals surface area contributed by atoms with Gasteiger partial charge in [0.25, 0.3) is 10.0 Å². The fourth-order valence-corrected chi connectivity index (χ4v) is 3.32. The number of anilines is 2. The van der Waals surface area contributed by atoms with Crippen LogP contribution in [0, 0.1) is 9.39 Å². The van der Waals surface area contributed by atoms with Gasteiger partial charge in [-0.15, -0.1) is 0 Å². The second-order valence-electron chi connectivity index (χ2n) is 3.78. The van der Waals surface area contributed by atoms with Gasteiger partial charge in [-0.2, -0.15) is 0 Å². The number of benzene rings is 2. The van der Waals surface area contributed by atoms with Crippen LogP contribution in [-0.2, 0) is 10.0 Å². The Kier molecular flexibility index (Phi) is 3.95. The van der Waals surface area contributed by atoms with Crippen molar-refractivity contribution in [1.29, 1.82) is 0 Å². The molecular formula is C12H10FIN2O2S. The van der Waals surface area contributed by atoms with E-state index in [1.807, 2.05) is 22.6 Å². The van der Waals surface area contributed by atoms with Crippen LogP contribution in [0.3, 0.4) is 0 Å². The van der Waals surface area contributed by atoms with Gasteiger partial charge in [-0.1, -0.05) is 12.1 Å². The zero-order chi connectivity index (χ0) is 14.0. The summed E-state index contributed by atoms with van der Waals surface area (Å²) in [5.41, 5.74) is 5.97. The summed E-state index contributed by atoms with van der Waals surface area (Å²) in [5.74, 6) is -0.876. The van der Waals surface area contributed by atoms with Crippen LogP contribution in [0.15, 0.2) is 47.4 Å². The molecule has 7 heteroatoms. The van der Waals surface area contributed by atoms with Crippen molar-refractivity contribution in [3.05, 3.63) is 51.9 Å². The fourth-order valence-electron chi connectivity index (χ4n) is 1.48. The Bertz CT molecular complexity index is 719. The first-order chi connectivity index (χ1) is 8.90. The van der Waals surface area contributed by atoms with E-state index in [0.29, 0.717) is 5.69 Å². The number of nitrogens with one attached hydrogen (secondary N) is 1.